The summed E-state index contributed by atoms with van der Waals surface area (Å²) < 4.78 is 5.61. The lowest BCUT2D eigenvalue weighted by Gasteiger charge is -2.32. The minimum absolute atomic E-state index is 0.126. The molecule has 154 valence electrons. The second kappa shape index (κ2) is 7.98. The number of Topliss-reactive ketones (excluding diaryl/α,β-unsaturated/α-hetero) is 1. The quantitative estimate of drug-likeness (QED) is 0.611. The number of amides is 2. The van der Waals surface area contributed by atoms with Crippen molar-refractivity contribution in [2.24, 2.45) is 0 Å². The number of H-pyrrole nitrogens is 1. The van der Waals surface area contributed by atoms with E-state index in [-0.39, 0.29) is 24.1 Å². The zero-order valence-corrected chi connectivity index (χ0v) is 16.8. The molecule has 2 heterocycles. The zero-order valence-electron chi connectivity index (χ0n) is 16.8. The summed E-state index contributed by atoms with van der Waals surface area (Å²) in [6.07, 6.45) is -0.164. The van der Waals surface area contributed by atoms with Crippen molar-refractivity contribution in [3.05, 3.63) is 53.9 Å². The molecule has 2 aromatic carbocycles. The van der Waals surface area contributed by atoms with Crippen LogP contribution >= 0.6 is 0 Å². The number of imidazole rings is 1. The van der Waals surface area contributed by atoms with Gasteiger partial charge in [0, 0.05) is 18.5 Å². The highest BCUT2D eigenvalue weighted by atomic mass is 16.5. The topological polar surface area (TPSA) is 104 Å². The van der Waals surface area contributed by atoms with Gasteiger partial charge in [-0.2, -0.15) is 0 Å². The number of ketones is 1. The molecule has 1 aliphatic heterocycles. The van der Waals surface area contributed by atoms with E-state index in [2.05, 4.69) is 15.3 Å². The van der Waals surface area contributed by atoms with Gasteiger partial charge in [-0.25, -0.2) is 4.98 Å². The van der Waals surface area contributed by atoms with Gasteiger partial charge in [0.05, 0.1) is 16.7 Å². The first-order valence-corrected chi connectivity index (χ1v) is 9.75. The number of ether oxygens (including phenoxy) is 1. The number of carbonyl (C=O) groups excluding carboxylic acids is 3. The lowest BCUT2D eigenvalue weighted by atomic mass is 10.1. The summed E-state index contributed by atoms with van der Waals surface area (Å²) in [6.45, 7) is 3.32. The Balaban J connectivity index is 1.42. The van der Waals surface area contributed by atoms with Gasteiger partial charge in [-0.15, -0.1) is 0 Å². The Morgan fingerprint density at radius 3 is 2.80 bits per heavy atom. The summed E-state index contributed by atoms with van der Waals surface area (Å²) in [5.74, 6) is 0.508. The Hall–Kier alpha value is -3.68. The van der Waals surface area contributed by atoms with Crippen molar-refractivity contribution in [3.8, 4) is 5.75 Å². The van der Waals surface area contributed by atoms with Crippen molar-refractivity contribution < 1.29 is 19.1 Å². The fraction of sp³-hybridized carbons (Fsp3) is 0.273. The highest BCUT2D eigenvalue weighted by Crippen LogP contribution is 2.34. The largest absolute Gasteiger partial charge is 0.479 e. The maximum atomic E-state index is 12.6. The number of aromatic amines is 1. The van der Waals surface area contributed by atoms with Crippen LogP contribution in [0.4, 0.5) is 5.69 Å². The number of rotatable bonds is 6. The van der Waals surface area contributed by atoms with E-state index in [0.717, 1.165) is 16.9 Å². The number of para-hydroxylation sites is 2. The first-order chi connectivity index (χ1) is 14.4. The highest BCUT2D eigenvalue weighted by molar-refractivity contribution is 6.05. The van der Waals surface area contributed by atoms with Gasteiger partial charge in [0.2, 0.25) is 5.91 Å². The number of hydrogen-bond donors (Lipinski definition) is 2. The minimum Gasteiger partial charge on any atom is -0.479 e. The SMILES string of the molecule is CC(=O)c1ccc2c(c1)N(CC(=O)NCCc1nc3ccccc3[nH]1)C(=O)C(C)O2. The number of hydrogen-bond acceptors (Lipinski definition) is 5. The molecular formula is C22H22N4O4. The molecule has 0 saturated carbocycles. The molecule has 1 atom stereocenters. The Morgan fingerprint density at radius 2 is 2.03 bits per heavy atom. The summed E-state index contributed by atoms with van der Waals surface area (Å²) in [6, 6.07) is 12.6. The molecule has 0 spiro atoms. The molecule has 0 saturated heterocycles. The van der Waals surface area contributed by atoms with Crippen LogP contribution in [0.15, 0.2) is 42.5 Å². The van der Waals surface area contributed by atoms with E-state index < -0.39 is 6.10 Å². The second-order valence-electron chi connectivity index (χ2n) is 7.22. The molecular weight excluding hydrogens is 384 g/mol. The monoisotopic (exact) mass is 406 g/mol. The van der Waals surface area contributed by atoms with Crippen molar-refractivity contribution >= 4 is 34.3 Å². The van der Waals surface area contributed by atoms with Crippen LogP contribution in [-0.2, 0) is 16.0 Å². The summed E-state index contributed by atoms with van der Waals surface area (Å²) in [5.41, 5.74) is 2.71. The van der Waals surface area contributed by atoms with Gasteiger partial charge in [0.25, 0.3) is 5.91 Å². The predicted molar refractivity (Wildman–Crippen MR) is 112 cm³/mol. The van der Waals surface area contributed by atoms with Crippen molar-refractivity contribution in [3.63, 3.8) is 0 Å². The molecule has 4 rings (SSSR count). The normalized spacial score (nSPS) is 15.6. The van der Waals surface area contributed by atoms with Crippen molar-refractivity contribution in [1.29, 1.82) is 0 Å². The molecule has 8 heteroatoms. The van der Waals surface area contributed by atoms with E-state index in [0.29, 0.717) is 30.0 Å². The number of nitrogens with zero attached hydrogens (tertiary/aromatic N) is 2. The van der Waals surface area contributed by atoms with Crippen LogP contribution in [0.3, 0.4) is 0 Å². The summed E-state index contributed by atoms with van der Waals surface area (Å²) in [7, 11) is 0. The Bertz CT molecular complexity index is 1100. The van der Waals surface area contributed by atoms with Gasteiger partial charge in [-0.3, -0.25) is 19.3 Å². The molecule has 0 bridgehead atoms. The van der Waals surface area contributed by atoms with Crippen molar-refractivity contribution in [2.75, 3.05) is 18.0 Å². The average Bonchev–Trinajstić information content (AvgIpc) is 3.13. The number of carbonyl (C=O) groups is 3. The van der Waals surface area contributed by atoms with Gasteiger partial charge < -0.3 is 15.0 Å². The van der Waals surface area contributed by atoms with Gasteiger partial charge in [-0.1, -0.05) is 12.1 Å². The second-order valence-corrected chi connectivity index (χ2v) is 7.22. The highest BCUT2D eigenvalue weighted by Gasteiger charge is 2.33. The molecule has 2 amide bonds. The average molecular weight is 406 g/mol. The third-order valence-corrected chi connectivity index (χ3v) is 5.00. The van der Waals surface area contributed by atoms with E-state index in [1.165, 1.54) is 11.8 Å². The third kappa shape index (κ3) is 3.89. The van der Waals surface area contributed by atoms with E-state index >= 15 is 0 Å². The molecule has 1 aromatic heterocycles. The lowest BCUT2D eigenvalue weighted by molar-refractivity contribution is -0.128. The maximum Gasteiger partial charge on any atom is 0.268 e. The molecule has 2 N–H and O–H groups in total. The third-order valence-electron chi connectivity index (χ3n) is 5.00. The van der Waals surface area contributed by atoms with Crippen molar-refractivity contribution in [1.82, 2.24) is 15.3 Å². The van der Waals surface area contributed by atoms with Gasteiger partial charge in [0.1, 0.15) is 18.1 Å². The van der Waals surface area contributed by atoms with Crippen LogP contribution in [0.2, 0.25) is 0 Å². The van der Waals surface area contributed by atoms with Crippen LogP contribution in [-0.4, -0.2) is 46.8 Å². The fourth-order valence-corrected chi connectivity index (χ4v) is 3.43. The maximum absolute atomic E-state index is 12.6. The van der Waals surface area contributed by atoms with E-state index in [1.807, 2.05) is 24.3 Å². The van der Waals surface area contributed by atoms with Crippen LogP contribution in [0.5, 0.6) is 5.75 Å². The Morgan fingerprint density at radius 1 is 1.23 bits per heavy atom. The van der Waals surface area contributed by atoms with Gasteiger partial charge in [-0.05, 0) is 44.2 Å². The Kier molecular flexibility index (Phi) is 5.22. The van der Waals surface area contributed by atoms with Crippen LogP contribution in [0.25, 0.3) is 11.0 Å². The summed E-state index contributed by atoms with van der Waals surface area (Å²) in [4.78, 5) is 45.9. The van der Waals surface area contributed by atoms with E-state index in [9.17, 15) is 14.4 Å². The molecule has 0 aliphatic carbocycles. The van der Waals surface area contributed by atoms with E-state index in [1.54, 1.807) is 25.1 Å². The molecule has 1 unspecified atom stereocenters. The zero-order chi connectivity index (χ0) is 21.3. The number of benzene rings is 2. The minimum atomic E-state index is -0.705. The number of nitrogens with one attached hydrogen (secondary N) is 2. The predicted octanol–water partition coefficient (Wildman–Crippen LogP) is 2.24. The lowest BCUT2D eigenvalue weighted by Crippen LogP contribution is -2.49. The van der Waals surface area contributed by atoms with Gasteiger partial charge >= 0.3 is 0 Å². The van der Waals surface area contributed by atoms with Crippen LogP contribution < -0.4 is 15.0 Å². The smallest absolute Gasteiger partial charge is 0.268 e. The molecule has 3 aromatic rings. The summed E-state index contributed by atoms with van der Waals surface area (Å²) >= 11 is 0. The fourth-order valence-electron chi connectivity index (χ4n) is 3.43. The molecule has 8 nitrogen and oxygen atoms in total. The molecule has 1 aliphatic rings. The van der Waals surface area contributed by atoms with Crippen molar-refractivity contribution in [2.45, 2.75) is 26.4 Å². The number of anilines is 1. The molecule has 0 radical (unpaired) electrons. The molecule has 0 fully saturated rings. The van der Waals surface area contributed by atoms with Gasteiger partial charge in [0.15, 0.2) is 11.9 Å². The summed E-state index contributed by atoms with van der Waals surface area (Å²) in [5, 5.41) is 2.83. The first kappa shape index (κ1) is 19.6. The molecule has 30 heavy (non-hydrogen) atoms. The first-order valence-electron chi connectivity index (χ1n) is 9.75. The Labute approximate surface area is 173 Å². The van der Waals surface area contributed by atoms with Crippen LogP contribution in [0.1, 0.15) is 30.0 Å². The van der Waals surface area contributed by atoms with E-state index in [4.69, 9.17) is 4.74 Å². The number of fused-ring (bicyclic) bond motifs is 2. The standard InChI is InChI=1S/C22H22N4O4/c1-13(27)15-7-8-19-18(11-15)26(22(29)14(2)30-19)12-21(28)23-10-9-20-24-16-5-3-4-6-17(16)25-20/h3-8,11,14H,9-10,12H2,1-2H3,(H,23,28)(H,24,25). The van der Waals surface area contributed by atoms with Crippen LogP contribution in [0, 0.1) is 0 Å². The number of aromatic nitrogens is 2.